The number of nitro groups is 1. The quantitative estimate of drug-likeness (QED) is 0.493. The van der Waals surface area contributed by atoms with E-state index in [0.717, 1.165) is 6.20 Å². The average Bonchev–Trinajstić information content (AvgIpc) is 2.70. The number of nitrogens with one attached hydrogen (secondary N) is 2. The summed E-state index contributed by atoms with van der Waals surface area (Å²) in [4.78, 5) is 18.9. The number of anilines is 3. The van der Waals surface area contributed by atoms with Gasteiger partial charge < -0.3 is 15.4 Å². The van der Waals surface area contributed by atoms with Crippen LogP contribution in [0.15, 0.2) is 42.7 Å². The summed E-state index contributed by atoms with van der Waals surface area (Å²) in [6, 6.07) is 7.20. The Balaban J connectivity index is 1.85. The first-order chi connectivity index (χ1) is 13.5. The molecule has 0 spiro atoms. The Labute approximate surface area is 163 Å². The van der Waals surface area contributed by atoms with Gasteiger partial charge in [0.1, 0.15) is 24.3 Å². The number of nitrogens with zero attached hydrogens (tertiary/aromatic N) is 3. The van der Waals surface area contributed by atoms with E-state index in [-0.39, 0.29) is 16.9 Å². The number of ether oxygens (including phenoxy) is 1. The SMILES string of the molecule is O=[N+]([O-])c1cnccc1Nc1cc(-c2cc(Cl)ccc2F)nc2c1OCCN2. The second kappa shape index (κ2) is 7.28. The maximum atomic E-state index is 14.3. The van der Waals surface area contributed by atoms with Crippen LogP contribution in [-0.4, -0.2) is 28.0 Å². The maximum absolute atomic E-state index is 14.3. The predicted molar refractivity (Wildman–Crippen MR) is 103 cm³/mol. The summed E-state index contributed by atoms with van der Waals surface area (Å²) in [7, 11) is 0. The van der Waals surface area contributed by atoms with Crippen molar-refractivity contribution in [2.24, 2.45) is 0 Å². The Hall–Kier alpha value is -3.46. The van der Waals surface area contributed by atoms with Crippen LogP contribution in [0.1, 0.15) is 0 Å². The van der Waals surface area contributed by atoms with Crippen LogP contribution in [0.5, 0.6) is 5.75 Å². The molecular weight excluding hydrogens is 389 g/mol. The normalized spacial score (nSPS) is 12.5. The first-order valence-corrected chi connectivity index (χ1v) is 8.63. The Morgan fingerprint density at radius 2 is 2.14 bits per heavy atom. The molecule has 1 aromatic carbocycles. The molecule has 0 aliphatic carbocycles. The minimum absolute atomic E-state index is 0.202. The van der Waals surface area contributed by atoms with Crippen molar-refractivity contribution in [1.29, 1.82) is 0 Å². The summed E-state index contributed by atoms with van der Waals surface area (Å²) in [6.45, 7) is 0.920. The van der Waals surface area contributed by atoms with Crippen molar-refractivity contribution in [1.82, 2.24) is 9.97 Å². The number of hydrogen-bond donors (Lipinski definition) is 2. The zero-order chi connectivity index (χ0) is 19.7. The first kappa shape index (κ1) is 17.9. The molecule has 3 aromatic rings. The van der Waals surface area contributed by atoms with Gasteiger partial charge in [0.15, 0.2) is 11.6 Å². The monoisotopic (exact) mass is 401 g/mol. The number of aromatic nitrogens is 2. The van der Waals surface area contributed by atoms with Crippen molar-refractivity contribution in [3.05, 3.63) is 63.7 Å². The van der Waals surface area contributed by atoms with Crippen molar-refractivity contribution >= 4 is 34.5 Å². The summed E-state index contributed by atoms with van der Waals surface area (Å²) >= 11 is 6.00. The molecule has 10 heteroatoms. The van der Waals surface area contributed by atoms with E-state index in [0.29, 0.717) is 41.1 Å². The molecule has 0 radical (unpaired) electrons. The van der Waals surface area contributed by atoms with Gasteiger partial charge in [0.2, 0.25) is 0 Å². The van der Waals surface area contributed by atoms with Crippen LogP contribution in [-0.2, 0) is 0 Å². The van der Waals surface area contributed by atoms with E-state index < -0.39 is 10.7 Å². The van der Waals surface area contributed by atoms with E-state index in [4.69, 9.17) is 16.3 Å². The van der Waals surface area contributed by atoms with Crippen molar-refractivity contribution in [3.8, 4) is 17.0 Å². The van der Waals surface area contributed by atoms with Crippen molar-refractivity contribution in [2.75, 3.05) is 23.8 Å². The van der Waals surface area contributed by atoms with Crippen LogP contribution in [0.4, 0.5) is 27.3 Å². The third kappa shape index (κ3) is 3.39. The van der Waals surface area contributed by atoms with Crippen LogP contribution < -0.4 is 15.4 Å². The highest BCUT2D eigenvalue weighted by Gasteiger charge is 2.22. The molecule has 0 unspecified atom stereocenters. The molecular formula is C18H13ClFN5O3. The lowest BCUT2D eigenvalue weighted by Crippen LogP contribution is -2.20. The van der Waals surface area contributed by atoms with Crippen molar-refractivity contribution < 1.29 is 14.1 Å². The lowest BCUT2D eigenvalue weighted by molar-refractivity contribution is -0.384. The predicted octanol–water partition coefficient (Wildman–Crippen LogP) is 4.39. The van der Waals surface area contributed by atoms with Gasteiger partial charge in [0.25, 0.3) is 0 Å². The molecule has 0 amide bonds. The second-order valence-corrected chi connectivity index (χ2v) is 6.34. The van der Waals surface area contributed by atoms with Crippen LogP contribution in [0, 0.1) is 15.9 Å². The zero-order valence-corrected chi connectivity index (χ0v) is 15.0. The van der Waals surface area contributed by atoms with Gasteiger partial charge >= 0.3 is 5.69 Å². The van der Waals surface area contributed by atoms with Crippen LogP contribution in [0.2, 0.25) is 5.02 Å². The van der Waals surface area contributed by atoms with Gasteiger partial charge in [0.05, 0.1) is 22.8 Å². The molecule has 0 bridgehead atoms. The van der Waals surface area contributed by atoms with E-state index in [1.54, 1.807) is 6.07 Å². The van der Waals surface area contributed by atoms with Crippen LogP contribution in [0.3, 0.4) is 0 Å². The lowest BCUT2D eigenvalue weighted by atomic mass is 10.1. The Morgan fingerprint density at radius 3 is 2.96 bits per heavy atom. The molecule has 2 N–H and O–H groups in total. The van der Waals surface area contributed by atoms with E-state index in [9.17, 15) is 14.5 Å². The Bertz CT molecular complexity index is 1080. The number of fused-ring (bicyclic) bond motifs is 1. The van der Waals surface area contributed by atoms with E-state index in [1.165, 1.54) is 30.5 Å². The summed E-state index contributed by atoms with van der Waals surface area (Å²) in [6.07, 6.45) is 2.58. The van der Waals surface area contributed by atoms with Gasteiger partial charge in [-0.3, -0.25) is 15.1 Å². The van der Waals surface area contributed by atoms with Gasteiger partial charge in [-0.1, -0.05) is 11.6 Å². The molecule has 1 aliphatic rings. The summed E-state index contributed by atoms with van der Waals surface area (Å²) in [5.41, 5.74) is 0.930. The first-order valence-electron chi connectivity index (χ1n) is 8.25. The molecule has 3 heterocycles. The molecule has 0 saturated carbocycles. The molecule has 2 aromatic heterocycles. The number of benzene rings is 1. The second-order valence-electron chi connectivity index (χ2n) is 5.91. The molecule has 4 rings (SSSR count). The highest BCUT2D eigenvalue weighted by atomic mass is 35.5. The maximum Gasteiger partial charge on any atom is 0.310 e. The van der Waals surface area contributed by atoms with Gasteiger partial charge in [-0.15, -0.1) is 0 Å². The smallest absolute Gasteiger partial charge is 0.310 e. The average molecular weight is 402 g/mol. The highest BCUT2D eigenvalue weighted by Crippen LogP contribution is 2.40. The fourth-order valence-electron chi connectivity index (χ4n) is 2.83. The molecule has 0 fully saturated rings. The molecule has 8 nitrogen and oxygen atoms in total. The zero-order valence-electron chi connectivity index (χ0n) is 14.3. The van der Waals surface area contributed by atoms with Crippen molar-refractivity contribution in [2.45, 2.75) is 0 Å². The summed E-state index contributed by atoms with van der Waals surface area (Å²) in [5.74, 6) is 0.306. The minimum atomic E-state index is -0.542. The van der Waals surface area contributed by atoms with Gasteiger partial charge in [-0.25, -0.2) is 9.37 Å². The fourth-order valence-corrected chi connectivity index (χ4v) is 3.00. The molecule has 0 atom stereocenters. The highest BCUT2D eigenvalue weighted by molar-refractivity contribution is 6.30. The number of rotatable bonds is 4. The molecule has 28 heavy (non-hydrogen) atoms. The van der Waals surface area contributed by atoms with Gasteiger partial charge in [0, 0.05) is 16.8 Å². The van der Waals surface area contributed by atoms with E-state index in [2.05, 4.69) is 20.6 Å². The largest absolute Gasteiger partial charge is 0.486 e. The van der Waals surface area contributed by atoms with E-state index >= 15 is 0 Å². The lowest BCUT2D eigenvalue weighted by Gasteiger charge is -2.22. The summed E-state index contributed by atoms with van der Waals surface area (Å²) < 4.78 is 20.0. The Morgan fingerprint density at radius 1 is 1.29 bits per heavy atom. The summed E-state index contributed by atoms with van der Waals surface area (Å²) in [5, 5.41) is 17.7. The van der Waals surface area contributed by atoms with Gasteiger partial charge in [-0.05, 0) is 30.3 Å². The van der Waals surface area contributed by atoms with Crippen LogP contribution in [0.25, 0.3) is 11.3 Å². The van der Waals surface area contributed by atoms with Gasteiger partial charge in [-0.2, -0.15) is 0 Å². The van der Waals surface area contributed by atoms with Crippen molar-refractivity contribution in [3.63, 3.8) is 0 Å². The standard InChI is InChI=1S/C18H13ClFN5O3/c19-10-1-2-12(20)11(7-10)14-8-15(17-18(24-14)22-5-6-28-17)23-13-3-4-21-9-16(13)25(26)27/h1-4,7-9H,5-6H2,(H2,21,22,23,24). The molecule has 142 valence electrons. The molecule has 0 saturated heterocycles. The third-order valence-electron chi connectivity index (χ3n) is 4.08. The Kier molecular flexibility index (Phi) is 4.66. The number of halogens is 2. The fraction of sp³-hybridized carbons (Fsp3) is 0.111. The van der Waals surface area contributed by atoms with E-state index in [1.807, 2.05) is 0 Å². The minimum Gasteiger partial charge on any atom is -0.486 e. The topological polar surface area (TPSA) is 102 Å². The number of hydrogen-bond acceptors (Lipinski definition) is 7. The third-order valence-corrected chi connectivity index (χ3v) is 4.32. The van der Waals surface area contributed by atoms with Crippen LogP contribution >= 0.6 is 11.6 Å². The molecule has 1 aliphatic heterocycles. The number of pyridine rings is 2.